The maximum absolute atomic E-state index is 4.42. The normalized spacial score (nSPS) is 14.1. The number of H-pyrrole nitrogens is 1. The van der Waals surface area contributed by atoms with Gasteiger partial charge in [-0.15, -0.1) is 0 Å². The maximum Gasteiger partial charge on any atom is 0.154 e. The van der Waals surface area contributed by atoms with Crippen molar-refractivity contribution in [3.63, 3.8) is 0 Å². The molecule has 3 heteroatoms. The number of fused-ring (bicyclic) bond motifs is 1. The molecule has 0 saturated carbocycles. The van der Waals surface area contributed by atoms with Gasteiger partial charge in [0.05, 0.1) is 0 Å². The largest absolute Gasteiger partial charge is 0.352 e. The van der Waals surface area contributed by atoms with Gasteiger partial charge in [-0.2, -0.15) is 5.10 Å². The van der Waals surface area contributed by atoms with Crippen LogP contribution in [0.25, 0.3) is 0 Å². The fourth-order valence-electron chi connectivity index (χ4n) is 2.17. The molecule has 2 heterocycles. The van der Waals surface area contributed by atoms with Crippen molar-refractivity contribution in [1.29, 1.82) is 0 Å². The Morgan fingerprint density at radius 2 is 1.81 bits per heavy atom. The van der Waals surface area contributed by atoms with E-state index in [0.717, 1.165) is 13.0 Å². The number of nitrogens with one attached hydrogen (secondary N) is 1. The third-order valence-corrected chi connectivity index (χ3v) is 2.95. The van der Waals surface area contributed by atoms with E-state index in [1.807, 2.05) is 13.8 Å². The van der Waals surface area contributed by atoms with E-state index >= 15 is 0 Å². The van der Waals surface area contributed by atoms with Gasteiger partial charge in [-0.1, -0.05) is 27.7 Å². The third-order valence-electron chi connectivity index (χ3n) is 2.95. The van der Waals surface area contributed by atoms with Crippen LogP contribution in [0.5, 0.6) is 0 Å². The molecule has 3 nitrogen and oxygen atoms in total. The Morgan fingerprint density at radius 1 is 1.19 bits per heavy atom. The summed E-state index contributed by atoms with van der Waals surface area (Å²) in [4.78, 5) is 2.37. The second kappa shape index (κ2) is 5.37. The predicted molar refractivity (Wildman–Crippen MR) is 70.2 cm³/mol. The van der Waals surface area contributed by atoms with Gasteiger partial charge in [0, 0.05) is 23.8 Å². The molecule has 0 saturated heterocycles. The van der Waals surface area contributed by atoms with Crippen molar-refractivity contribution in [2.24, 2.45) is 0 Å². The molecule has 1 N–H and O–H groups in total. The lowest BCUT2D eigenvalue weighted by atomic mass is 10.1. The lowest BCUT2D eigenvalue weighted by Gasteiger charge is -2.21. The molecular weight excluding hydrogens is 198 g/mol. The number of hydrogen-bond donors (Lipinski definition) is 1. The van der Waals surface area contributed by atoms with Crippen LogP contribution in [0.2, 0.25) is 0 Å². The molecule has 1 aromatic rings. The highest BCUT2D eigenvalue weighted by atomic mass is 15.3. The highest BCUT2D eigenvalue weighted by Gasteiger charge is 2.27. The van der Waals surface area contributed by atoms with Crippen molar-refractivity contribution >= 4 is 5.82 Å². The number of nitrogens with zero attached hydrogens (tertiary/aromatic N) is 2. The zero-order valence-electron chi connectivity index (χ0n) is 11.5. The summed E-state index contributed by atoms with van der Waals surface area (Å²) in [5.41, 5.74) is 2.76. The van der Waals surface area contributed by atoms with Gasteiger partial charge in [-0.05, 0) is 26.2 Å². The Bertz CT molecular complexity index is 326. The summed E-state index contributed by atoms with van der Waals surface area (Å²) < 4.78 is 0. The van der Waals surface area contributed by atoms with Crippen LogP contribution in [0.3, 0.4) is 0 Å². The van der Waals surface area contributed by atoms with Crippen molar-refractivity contribution in [3.05, 3.63) is 11.3 Å². The Hall–Kier alpha value is -0.990. The number of anilines is 1. The first-order valence-electron chi connectivity index (χ1n) is 6.45. The number of rotatable bonds is 2. The summed E-state index contributed by atoms with van der Waals surface area (Å²) in [6.45, 7) is 14.0. The van der Waals surface area contributed by atoms with E-state index in [4.69, 9.17) is 0 Å². The molecule has 16 heavy (non-hydrogen) atoms. The lowest BCUT2D eigenvalue weighted by Crippen LogP contribution is -2.28. The number of aromatic nitrogens is 2. The third kappa shape index (κ3) is 2.23. The minimum atomic E-state index is 0.554. The molecule has 0 unspecified atom stereocenters. The average Bonchev–Trinajstić information content (AvgIpc) is 2.78. The molecule has 0 aliphatic carbocycles. The van der Waals surface area contributed by atoms with Gasteiger partial charge in [0.15, 0.2) is 5.82 Å². The van der Waals surface area contributed by atoms with E-state index in [1.54, 1.807) is 0 Å². The van der Waals surface area contributed by atoms with Crippen molar-refractivity contribution < 1.29 is 0 Å². The van der Waals surface area contributed by atoms with E-state index in [2.05, 4.69) is 42.8 Å². The molecule has 1 aromatic heterocycles. The molecule has 1 aliphatic heterocycles. The molecular formula is C13H25N3. The Labute approximate surface area is 99.2 Å². The smallest absolute Gasteiger partial charge is 0.154 e. The van der Waals surface area contributed by atoms with Crippen LogP contribution >= 0.6 is 0 Å². The first-order chi connectivity index (χ1) is 7.61. The summed E-state index contributed by atoms with van der Waals surface area (Å²) in [7, 11) is 0. The van der Waals surface area contributed by atoms with Crippen LogP contribution in [-0.4, -0.2) is 22.8 Å². The van der Waals surface area contributed by atoms with Gasteiger partial charge in [0.1, 0.15) is 0 Å². The number of hydrogen-bond acceptors (Lipinski definition) is 2. The van der Waals surface area contributed by atoms with Gasteiger partial charge < -0.3 is 4.90 Å². The lowest BCUT2D eigenvalue weighted by molar-refractivity contribution is 0.690. The molecule has 0 bridgehead atoms. The van der Waals surface area contributed by atoms with Gasteiger partial charge in [0.2, 0.25) is 0 Å². The van der Waals surface area contributed by atoms with Crippen LogP contribution in [0.1, 0.15) is 58.7 Å². The van der Waals surface area contributed by atoms with Crippen LogP contribution in [0.15, 0.2) is 0 Å². The standard InChI is InChI=1S/C11H19N3.C2H6/c1-7(2)10-9-5-6-14(8(3)4)11(9)13-12-10;1-2/h7-8H,5-6H2,1-4H3,(H,12,13);1-2H3. The topological polar surface area (TPSA) is 31.9 Å². The molecule has 0 fully saturated rings. The Balaban J connectivity index is 0.000000606. The summed E-state index contributed by atoms with van der Waals surface area (Å²) in [5.74, 6) is 1.74. The van der Waals surface area contributed by atoms with Crippen molar-refractivity contribution in [2.45, 2.75) is 59.9 Å². The first-order valence-corrected chi connectivity index (χ1v) is 6.45. The second-order valence-corrected chi connectivity index (χ2v) is 4.63. The summed E-state index contributed by atoms with van der Waals surface area (Å²) in [6, 6.07) is 0.555. The zero-order valence-corrected chi connectivity index (χ0v) is 11.5. The van der Waals surface area contributed by atoms with Gasteiger partial charge in [-0.3, -0.25) is 5.10 Å². The Morgan fingerprint density at radius 3 is 2.31 bits per heavy atom. The molecule has 0 aromatic carbocycles. The maximum atomic E-state index is 4.42. The van der Waals surface area contributed by atoms with Crippen LogP contribution in [0.4, 0.5) is 5.82 Å². The summed E-state index contributed by atoms with van der Waals surface area (Å²) in [5, 5.41) is 7.59. The van der Waals surface area contributed by atoms with Gasteiger partial charge >= 0.3 is 0 Å². The van der Waals surface area contributed by atoms with Crippen LogP contribution in [0, 0.1) is 0 Å². The molecule has 1 aliphatic rings. The molecule has 2 rings (SSSR count). The monoisotopic (exact) mass is 223 g/mol. The predicted octanol–water partition coefficient (Wildman–Crippen LogP) is 3.33. The second-order valence-electron chi connectivity index (χ2n) is 4.63. The summed E-state index contributed by atoms with van der Waals surface area (Å²) in [6.07, 6.45) is 1.15. The van der Waals surface area contributed by atoms with Crippen molar-refractivity contribution in [1.82, 2.24) is 10.2 Å². The Kier molecular flexibility index (Phi) is 4.39. The van der Waals surface area contributed by atoms with Crippen LogP contribution < -0.4 is 4.90 Å². The fourth-order valence-corrected chi connectivity index (χ4v) is 2.17. The SMILES string of the molecule is CC.CC(C)c1[nH]nc2c1CCN2C(C)C. The minimum Gasteiger partial charge on any atom is -0.352 e. The van der Waals surface area contributed by atoms with E-state index < -0.39 is 0 Å². The van der Waals surface area contributed by atoms with Crippen molar-refractivity contribution in [3.8, 4) is 0 Å². The molecule has 0 spiro atoms. The van der Waals surface area contributed by atoms with E-state index in [1.165, 1.54) is 17.1 Å². The van der Waals surface area contributed by atoms with Crippen molar-refractivity contribution in [2.75, 3.05) is 11.4 Å². The highest BCUT2D eigenvalue weighted by Crippen LogP contribution is 2.32. The molecule has 0 radical (unpaired) electrons. The van der Waals surface area contributed by atoms with Crippen LogP contribution in [-0.2, 0) is 6.42 Å². The van der Waals surface area contributed by atoms with E-state index in [9.17, 15) is 0 Å². The highest BCUT2D eigenvalue weighted by molar-refractivity contribution is 5.55. The minimum absolute atomic E-state index is 0.554. The van der Waals surface area contributed by atoms with E-state index in [-0.39, 0.29) is 0 Å². The van der Waals surface area contributed by atoms with Gasteiger partial charge in [-0.25, -0.2) is 0 Å². The summed E-state index contributed by atoms with van der Waals surface area (Å²) >= 11 is 0. The molecule has 0 amide bonds. The van der Waals surface area contributed by atoms with E-state index in [0.29, 0.717) is 12.0 Å². The fraction of sp³-hybridized carbons (Fsp3) is 0.769. The molecule has 92 valence electrons. The quantitative estimate of drug-likeness (QED) is 0.834. The zero-order chi connectivity index (χ0) is 12.3. The average molecular weight is 223 g/mol. The first kappa shape index (κ1) is 13.1. The van der Waals surface area contributed by atoms with Gasteiger partial charge in [0.25, 0.3) is 0 Å². The molecule has 0 atom stereocenters. The number of aromatic amines is 1.